The van der Waals surface area contributed by atoms with E-state index in [4.69, 9.17) is 0 Å². The van der Waals surface area contributed by atoms with Crippen molar-refractivity contribution >= 4 is 5.95 Å². The summed E-state index contributed by atoms with van der Waals surface area (Å²) in [6.07, 6.45) is 5.65. The molecule has 0 aliphatic carbocycles. The molecular formula is C15H19N3. The molecule has 1 aromatic carbocycles. The summed E-state index contributed by atoms with van der Waals surface area (Å²) >= 11 is 0. The lowest BCUT2D eigenvalue weighted by atomic mass is 10.0. The summed E-state index contributed by atoms with van der Waals surface area (Å²) in [6, 6.07) is 8.71. The Bertz CT molecular complexity index is 528. The summed E-state index contributed by atoms with van der Waals surface area (Å²) < 4.78 is 2.14. The molecule has 0 saturated heterocycles. The smallest absolute Gasteiger partial charge is 0.203 e. The molecule has 0 amide bonds. The van der Waals surface area contributed by atoms with Gasteiger partial charge in [-0.15, -0.1) is 6.58 Å². The second kappa shape index (κ2) is 5.54. The molecule has 2 rings (SSSR count). The minimum atomic E-state index is 0.265. The van der Waals surface area contributed by atoms with Crippen molar-refractivity contribution in [3.8, 4) is 0 Å². The Labute approximate surface area is 108 Å². The van der Waals surface area contributed by atoms with Gasteiger partial charge in [0.2, 0.25) is 5.95 Å². The van der Waals surface area contributed by atoms with Crippen molar-refractivity contribution in [3.05, 3.63) is 60.4 Å². The van der Waals surface area contributed by atoms with Crippen LogP contribution in [0.15, 0.2) is 49.3 Å². The fraction of sp³-hybridized carbons (Fsp3) is 0.267. The van der Waals surface area contributed by atoms with Gasteiger partial charge in [-0.1, -0.05) is 30.3 Å². The monoisotopic (exact) mass is 241 g/mol. The average molecular weight is 241 g/mol. The Balaban J connectivity index is 2.29. The first-order valence-electron chi connectivity index (χ1n) is 6.17. The van der Waals surface area contributed by atoms with E-state index < -0.39 is 0 Å². The Morgan fingerprint density at radius 1 is 1.44 bits per heavy atom. The molecule has 2 aromatic rings. The lowest BCUT2D eigenvalue weighted by Crippen LogP contribution is -2.12. The number of nitrogens with one attached hydrogen (secondary N) is 1. The van der Waals surface area contributed by atoms with Crippen LogP contribution in [-0.2, 0) is 0 Å². The molecule has 1 N–H and O–H groups in total. The third kappa shape index (κ3) is 2.45. The lowest BCUT2D eigenvalue weighted by Gasteiger charge is -2.19. The van der Waals surface area contributed by atoms with E-state index in [1.807, 2.05) is 18.5 Å². The molecule has 1 atom stereocenters. The topological polar surface area (TPSA) is 29.9 Å². The van der Waals surface area contributed by atoms with E-state index in [9.17, 15) is 0 Å². The Kier molecular flexibility index (Phi) is 3.82. The number of hydrogen-bond acceptors (Lipinski definition) is 2. The van der Waals surface area contributed by atoms with Crippen molar-refractivity contribution in [2.45, 2.75) is 19.9 Å². The van der Waals surface area contributed by atoms with Crippen LogP contribution in [0.2, 0.25) is 0 Å². The van der Waals surface area contributed by atoms with Gasteiger partial charge >= 0.3 is 0 Å². The molecule has 0 spiro atoms. The maximum atomic E-state index is 4.33. The second-order valence-electron chi connectivity index (χ2n) is 4.36. The highest BCUT2D eigenvalue weighted by Crippen LogP contribution is 2.24. The molecule has 3 nitrogen and oxygen atoms in total. The zero-order chi connectivity index (χ0) is 13.0. The van der Waals surface area contributed by atoms with Crippen LogP contribution in [0.5, 0.6) is 0 Å². The van der Waals surface area contributed by atoms with E-state index in [0.717, 1.165) is 12.5 Å². The van der Waals surface area contributed by atoms with Gasteiger partial charge in [0.25, 0.3) is 0 Å². The predicted molar refractivity (Wildman–Crippen MR) is 75.9 cm³/mol. The summed E-state index contributed by atoms with van der Waals surface area (Å²) in [4.78, 5) is 4.33. The molecule has 3 heteroatoms. The molecule has 1 unspecified atom stereocenters. The van der Waals surface area contributed by atoms with Crippen LogP contribution < -0.4 is 5.32 Å². The SMILES string of the molecule is C=CCNc1nccn1C(C)c1ccccc1C. The maximum absolute atomic E-state index is 4.33. The summed E-state index contributed by atoms with van der Waals surface area (Å²) in [5.74, 6) is 0.880. The van der Waals surface area contributed by atoms with Crippen LogP contribution in [0.1, 0.15) is 24.1 Å². The Morgan fingerprint density at radius 3 is 2.94 bits per heavy atom. The van der Waals surface area contributed by atoms with Gasteiger partial charge < -0.3 is 9.88 Å². The van der Waals surface area contributed by atoms with E-state index in [1.54, 1.807) is 0 Å². The average Bonchev–Trinajstić information content (AvgIpc) is 2.84. The van der Waals surface area contributed by atoms with Crippen LogP contribution in [0.3, 0.4) is 0 Å². The van der Waals surface area contributed by atoms with Crippen molar-refractivity contribution in [1.29, 1.82) is 0 Å². The minimum absolute atomic E-state index is 0.265. The number of nitrogens with zero attached hydrogens (tertiary/aromatic N) is 2. The highest BCUT2D eigenvalue weighted by Gasteiger charge is 2.12. The molecule has 0 saturated carbocycles. The molecule has 0 fully saturated rings. The van der Waals surface area contributed by atoms with Crippen molar-refractivity contribution in [3.63, 3.8) is 0 Å². The quantitative estimate of drug-likeness (QED) is 0.813. The standard InChI is InChI=1S/C15H19N3/c1-4-9-16-15-17-10-11-18(15)13(3)14-8-6-5-7-12(14)2/h4-8,10-11,13H,1,9H2,2-3H3,(H,16,17). The number of anilines is 1. The first kappa shape index (κ1) is 12.4. The summed E-state index contributed by atoms with van der Waals surface area (Å²) in [5, 5.41) is 3.25. The van der Waals surface area contributed by atoms with E-state index in [2.05, 4.69) is 59.6 Å². The van der Waals surface area contributed by atoms with E-state index >= 15 is 0 Å². The van der Waals surface area contributed by atoms with Gasteiger partial charge in [0.05, 0.1) is 6.04 Å². The molecule has 1 aromatic heterocycles. The summed E-state index contributed by atoms with van der Waals surface area (Å²) in [6.45, 7) is 8.75. The van der Waals surface area contributed by atoms with Crippen molar-refractivity contribution in [2.75, 3.05) is 11.9 Å². The first-order chi connectivity index (χ1) is 8.74. The predicted octanol–water partition coefficient (Wildman–Crippen LogP) is 3.40. The van der Waals surface area contributed by atoms with Gasteiger partial charge in [-0.3, -0.25) is 0 Å². The van der Waals surface area contributed by atoms with Crippen LogP contribution in [0, 0.1) is 6.92 Å². The van der Waals surface area contributed by atoms with Crippen LogP contribution in [0.4, 0.5) is 5.95 Å². The fourth-order valence-electron chi connectivity index (χ4n) is 2.13. The van der Waals surface area contributed by atoms with Crippen LogP contribution >= 0.6 is 0 Å². The van der Waals surface area contributed by atoms with Crippen LogP contribution in [-0.4, -0.2) is 16.1 Å². The minimum Gasteiger partial charge on any atom is -0.352 e. The second-order valence-corrected chi connectivity index (χ2v) is 4.36. The van der Waals surface area contributed by atoms with Crippen molar-refractivity contribution < 1.29 is 0 Å². The van der Waals surface area contributed by atoms with Gasteiger partial charge in [-0.2, -0.15) is 0 Å². The molecule has 1 heterocycles. The zero-order valence-electron chi connectivity index (χ0n) is 10.9. The summed E-state index contributed by atoms with van der Waals surface area (Å²) in [7, 11) is 0. The fourth-order valence-corrected chi connectivity index (χ4v) is 2.13. The van der Waals surface area contributed by atoms with Crippen molar-refractivity contribution in [2.24, 2.45) is 0 Å². The van der Waals surface area contributed by atoms with Gasteiger partial charge in [0, 0.05) is 18.9 Å². The number of aryl methyl sites for hydroxylation is 1. The number of benzene rings is 1. The maximum Gasteiger partial charge on any atom is 0.203 e. The van der Waals surface area contributed by atoms with Gasteiger partial charge in [-0.05, 0) is 25.0 Å². The van der Waals surface area contributed by atoms with Crippen LogP contribution in [0.25, 0.3) is 0 Å². The Hall–Kier alpha value is -2.03. The zero-order valence-corrected chi connectivity index (χ0v) is 10.9. The van der Waals surface area contributed by atoms with Gasteiger partial charge in [-0.25, -0.2) is 4.98 Å². The van der Waals surface area contributed by atoms with E-state index in [0.29, 0.717) is 0 Å². The molecule has 0 radical (unpaired) electrons. The third-order valence-electron chi connectivity index (χ3n) is 3.13. The number of hydrogen-bond donors (Lipinski definition) is 1. The van der Waals surface area contributed by atoms with Gasteiger partial charge in [0.1, 0.15) is 0 Å². The number of aromatic nitrogens is 2. The number of rotatable bonds is 5. The molecule has 94 valence electrons. The highest BCUT2D eigenvalue weighted by atomic mass is 15.2. The summed E-state index contributed by atoms with van der Waals surface area (Å²) in [5.41, 5.74) is 2.62. The molecular weight excluding hydrogens is 222 g/mol. The van der Waals surface area contributed by atoms with Crippen molar-refractivity contribution in [1.82, 2.24) is 9.55 Å². The lowest BCUT2D eigenvalue weighted by molar-refractivity contribution is 0.641. The molecule has 0 bridgehead atoms. The van der Waals surface area contributed by atoms with E-state index in [1.165, 1.54) is 11.1 Å². The van der Waals surface area contributed by atoms with E-state index in [-0.39, 0.29) is 6.04 Å². The number of imidazole rings is 1. The molecule has 0 aliphatic heterocycles. The highest BCUT2D eigenvalue weighted by molar-refractivity contribution is 5.34. The molecule has 0 aliphatic rings. The first-order valence-corrected chi connectivity index (χ1v) is 6.17. The molecule has 18 heavy (non-hydrogen) atoms. The van der Waals surface area contributed by atoms with Gasteiger partial charge in [0.15, 0.2) is 0 Å². The third-order valence-corrected chi connectivity index (χ3v) is 3.13. The normalized spacial score (nSPS) is 12.1. The Morgan fingerprint density at radius 2 is 2.22 bits per heavy atom. The largest absolute Gasteiger partial charge is 0.352 e.